The minimum atomic E-state index is -0.510. The van der Waals surface area contributed by atoms with E-state index in [4.69, 9.17) is 0 Å². The summed E-state index contributed by atoms with van der Waals surface area (Å²) in [7, 11) is 0. The van der Waals surface area contributed by atoms with E-state index in [1.54, 1.807) is 17.0 Å². The maximum absolute atomic E-state index is 14.4. The molecule has 0 bridgehead atoms. The molecule has 0 fully saturated rings. The van der Waals surface area contributed by atoms with Gasteiger partial charge in [-0.3, -0.25) is 0 Å². The van der Waals surface area contributed by atoms with Crippen LogP contribution in [-0.2, 0) is 5.54 Å². The van der Waals surface area contributed by atoms with Crippen molar-refractivity contribution in [2.75, 3.05) is 6.54 Å². The molecule has 146 valence electrons. The summed E-state index contributed by atoms with van der Waals surface area (Å²) >= 11 is 0. The van der Waals surface area contributed by atoms with Crippen molar-refractivity contribution in [1.29, 1.82) is 0 Å². The second kappa shape index (κ2) is 8.42. The Labute approximate surface area is 166 Å². The van der Waals surface area contributed by atoms with Crippen LogP contribution in [-0.4, -0.2) is 17.5 Å². The van der Waals surface area contributed by atoms with Crippen molar-refractivity contribution in [2.24, 2.45) is 0 Å². The van der Waals surface area contributed by atoms with Gasteiger partial charge in [-0.15, -0.1) is 6.58 Å². The molecule has 0 radical (unpaired) electrons. The van der Waals surface area contributed by atoms with Gasteiger partial charge >= 0.3 is 6.03 Å². The molecule has 0 aliphatic carbocycles. The maximum Gasteiger partial charge on any atom is 0.322 e. The summed E-state index contributed by atoms with van der Waals surface area (Å²) in [6, 6.07) is 16.5. The van der Waals surface area contributed by atoms with Crippen LogP contribution in [0.1, 0.15) is 43.7 Å². The molecule has 4 heteroatoms. The number of nitrogens with one attached hydrogen (secondary N) is 1. The van der Waals surface area contributed by atoms with Gasteiger partial charge in [0.2, 0.25) is 0 Å². The molecule has 0 aromatic heterocycles. The Hall–Kier alpha value is -2.88. The maximum atomic E-state index is 14.4. The third-order valence-electron chi connectivity index (χ3n) is 5.24. The van der Waals surface area contributed by atoms with E-state index in [2.05, 4.69) is 11.9 Å². The molecule has 3 nitrogen and oxygen atoms in total. The van der Waals surface area contributed by atoms with Crippen LogP contribution < -0.4 is 5.32 Å². The number of allylic oxidation sites excluding steroid dienone is 1. The Balaban J connectivity index is 1.80. The lowest BCUT2D eigenvalue weighted by Gasteiger charge is -2.29. The predicted octanol–water partition coefficient (Wildman–Crippen LogP) is 5.72. The molecular formula is C24H27FN2O. The number of amides is 2. The highest BCUT2D eigenvalue weighted by atomic mass is 19.1. The van der Waals surface area contributed by atoms with Crippen LogP contribution >= 0.6 is 0 Å². The van der Waals surface area contributed by atoms with Crippen molar-refractivity contribution in [3.05, 3.63) is 96.0 Å². The second-order valence-electron chi connectivity index (χ2n) is 7.68. The molecule has 28 heavy (non-hydrogen) atoms. The number of urea groups is 1. The van der Waals surface area contributed by atoms with E-state index in [0.29, 0.717) is 12.1 Å². The molecule has 0 spiro atoms. The first-order valence-corrected chi connectivity index (χ1v) is 9.62. The number of hydrogen-bond acceptors (Lipinski definition) is 1. The van der Waals surface area contributed by atoms with Crippen LogP contribution in [0, 0.1) is 5.82 Å². The van der Waals surface area contributed by atoms with Crippen molar-refractivity contribution in [2.45, 2.75) is 38.1 Å². The lowest BCUT2D eigenvalue weighted by Crippen LogP contribution is -2.46. The smallest absolute Gasteiger partial charge is 0.322 e. The van der Waals surface area contributed by atoms with Gasteiger partial charge in [0, 0.05) is 18.7 Å². The zero-order valence-electron chi connectivity index (χ0n) is 16.5. The third kappa shape index (κ3) is 4.33. The Morgan fingerprint density at radius 3 is 2.57 bits per heavy atom. The second-order valence-corrected chi connectivity index (χ2v) is 7.68. The van der Waals surface area contributed by atoms with Crippen molar-refractivity contribution >= 4 is 6.03 Å². The number of nitrogens with zero attached hydrogens (tertiary/aromatic N) is 1. The summed E-state index contributed by atoms with van der Waals surface area (Å²) in [4.78, 5) is 14.6. The number of carbonyl (C=O) groups excluding carboxylic acids is 1. The van der Waals surface area contributed by atoms with E-state index >= 15 is 0 Å². The fraction of sp³-hybridized carbons (Fsp3) is 0.292. The Kier molecular flexibility index (Phi) is 5.98. The van der Waals surface area contributed by atoms with Gasteiger partial charge < -0.3 is 10.2 Å². The van der Waals surface area contributed by atoms with Crippen LogP contribution in [0.3, 0.4) is 0 Å². The first kappa shape index (κ1) is 19.9. The van der Waals surface area contributed by atoms with E-state index in [9.17, 15) is 9.18 Å². The lowest BCUT2D eigenvalue weighted by molar-refractivity contribution is 0.205. The summed E-state index contributed by atoms with van der Waals surface area (Å²) in [5, 5.41) is 3.11. The molecule has 1 aliphatic rings. The Bertz CT molecular complexity index is 873. The van der Waals surface area contributed by atoms with E-state index in [1.165, 1.54) is 6.07 Å². The summed E-state index contributed by atoms with van der Waals surface area (Å²) < 4.78 is 14.4. The monoisotopic (exact) mass is 378 g/mol. The Morgan fingerprint density at radius 2 is 1.89 bits per heavy atom. The summed E-state index contributed by atoms with van der Waals surface area (Å²) in [6.45, 7) is 8.17. The zero-order chi connectivity index (χ0) is 20.1. The van der Waals surface area contributed by atoms with Gasteiger partial charge in [0.1, 0.15) is 5.82 Å². The first-order valence-electron chi connectivity index (χ1n) is 9.62. The van der Waals surface area contributed by atoms with Gasteiger partial charge in [-0.25, -0.2) is 9.18 Å². The van der Waals surface area contributed by atoms with E-state index in [0.717, 1.165) is 24.0 Å². The van der Waals surface area contributed by atoms with Crippen LogP contribution in [0.15, 0.2) is 79.0 Å². The minimum absolute atomic E-state index is 0.133. The van der Waals surface area contributed by atoms with Crippen LogP contribution in [0.2, 0.25) is 0 Å². The van der Waals surface area contributed by atoms with E-state index < -0.39 is 5.54 Å². The number of benzene rings is 2. The van der Waals surface area contributed by atoms with Crippen LogP contribution in [0.4, 0.5) is 9.18 Å². The molecule has 0 saturated carbocycles. The highest BCUT2D eigenvalue weighted by Crippen LogP contribution is 2.35. The van der Waals surface area contributed by atoms with Gasteiger partial charge in [0.15, 0.2) is 0 Å². The number of hydrogen-bond donors (Lipinski definition) is 1. The van der Waals surface area contributed by atoms with Gasteiger partial charge in [0.25, 0.3) is 0 Å². The highest BCUT2D eigenvalue weighted by molar-refractivity contribution is 5.77. The predicted molar refractivity (Wildman–Crippen MR) is 111 cm³/mol. The summed E-state index contributed by atoms with van der Waals surface area (Å²) in [6.07, 6.45) is 5.27. The minimum Gasteiger partial charge on any atom is -0.329 e. The quantitative estimate of drug-likeness (QED) is 0.641. The molecule has 1 unspecified atom stereocenters. The molecule has 1 atom stereocenters. The zero-order valence-corrected chi connectivity index (χ0v) is 16.5. The number of halogens is 1. The average Bonchev–Trinajstić information content (AvgIpc) is 3.11. The molecule has 1 aliphatic heterocycles. The highest BCUT2D eigenvalue weighted by Gasteiger charge is 2.32. The van der Waals surface area contributed by atoms with Gasteiger partial charge in [-0.2, -0.15) is 0 Å². The Morgan fingerprint density at radius 1 is 1.21 bits per heavy atom. The van der Waals surface area contributed by atoms with Gasteiger partial charge in [0.05, 0.1) is 5.54 Å². The van der Waals surface area contributed by atoms with E-state index in [1.807, 2.05) is 62.5 Å². The number of rotatable bonds is 6. The van der Waals surface area contributed by atoms with Crippen molar-refractivity contribution in [1.82, 2.24) is 10.2 Å². The molecule has 2 aromatic carbocycles. The standard InChI is InChI=1S/C24H27FN2O/c1-4-5-11-18-16-27(17-21(18)20-14-9-10-15-22(20)25)23(28)26-24(2,3)19-12-7-6-8-13-19/h4,6-10,12-16,21H,1,5,11,17H2,2-3H3,(H,26,28). The SMILES string of the molecule is C=CCCC1=CN(C(=O)NC(C)(C)c2ccccc2)CC1c1ccccc1F. The topological polar surface area (TPSA) is 32.3 Å². The fourth-order valence-electron chi connectivity index (χ4n) is 3.63. The van der Waals surface area contributed by atoms with Crippen molar-refractivity contribution < 1.29 is 9.18 Å². The molecule has 2 aromatic rings. The van der Waals surface area contributed by atoms with Crippen molar-refractivity contribution in [3.8, 4) is 0 Å². The van der Waals surface area contributed by atoms with Crippen LogP contribution in [0.25, 0.3) is 0 Å². The molecular weight excluding hydrogens is 351 g/mol. The molecule has 1 N–H and O–H groups in total. The van der Waals surface area contributed by atoms with Crippen LogP contribution in [0.5, 0.6) is 0 Å². The van der Waals surface area contributed by atoms with E-state index in [-0.39, 0.29) is 17.8 Å². The largest absolute Gasteiger partial charge is 0.329 e. The number of carbonyl (C=O) groups is 1. The normalized spacial score (nSPS) is 16.6. The first-order chi connectivity index (χ1) is 13.4. The average molecular weight is 378 g/mol. The third-order valence-corrected chi connectivity index (χ3v) is 5.24. The van der Waals surface area contributed by atoms with Crippen molar-refractivity contribution in [3.63, 3.8) is 0 Å². The van der Waals surface area contributed by atoms with Gasteiger partial charge in [-0.1, -0.05) is 54.6 Å². The summed E-state index contributed by atoms with van der Waals surface area (Å²) in [5.74, 6) is -0.365. The summed E-state index contributed by atoms with van der Waals surface area (Å²) in [5.41, 5.74) is 2.21. The molecule has 0 saturated heterocycles. The van der Waals surface area contributed by atoms with Gasteiger partial charge in [-0.05, 0) is 49.5 Å². The molecule has 1 heterocycles. The lowest BCUT2D eigenvalue weighted by atomic mass is 9.90. The fourth-order valence-corrected chi connectivity index (χ4v) is 3.63. The molecule has 3 rings (SSSR count). The molecule has 2 amide bonds.